The van der Waals surface area contributed by atoms with Crippen LogP contribution in [0.15, 0.2) is 72.4 Å². The maximum Gasteiger partial charge on any atom is 0.325 e. The Morgan fingerprint density at radius 1 is 1.09 bits per heavy atom. The van der Waals surface area contributed by atoms with Crippen LogP contribution < -0.4 is 16.1 Å². The van der Waals surface area contributed by atoms with Crippen molar-refractivity contribution in [3.63, 3.8) is 0 Å². The number of amides is 3. The third-order valence-corrected chi connectivity index (χ3v) is 10.3. The first-order valence-corrected chi connectivity index (χ1v) is 19.9. The monoisotopic (exact) mass is 793 g/mol. The van der Waals surface area contributed by atoms with E-state index in [-0.39, 0.29) is 48.7 Å². The highest BCUT2D eigenvalue weighted by molar-refractivity contribution is 5.89. The van der Waals surface area contributed by atoms with Crippen molar-refractivity contribution >= 4 is 29.5 Å². The highest BCUT2D eigenvalue weighted by Crippen LogP contribution is 2.24. The SMILES string of the molecule is CON(C)C(=O)/C=C/C=C(\C)[C@@H]1C/C=C/C=C/C[C@H](C)[C@@H](O)[C@@H](CCC(C)=O)C(=O)N[C@@H](C(C)C)C(=O)NC(Cc2cccc(O)c2)CN2CCCC(N2)C(=O)O1. The lowest BCUT2D eigenvalue weighted by Crippen LogP contribution is -2.59. The van der Waals surface area contributed by atoms with Gasteiger partial charge in [-0.3, -0.25) is 24.0 Å². The molecule has 0 aromatic heterocycles. The van der Waals surface area contributed by atoms with Crippen LogP contribution in [0.2, 0.25) is 0 Å². The largest absolute Gasteiger partial charge is 0.508 e. The first-order chi connectivity index (χ1) is 27.1. The number of ketones is 1. The van der Waals surface area contributed by atoms with Gasteiger partial charge in [0.1, 0.15) is 29.7 Å². The van der Waals surface area contributed by atoms with Crippen LogP contribution in [0.25, 0.3) is 0 Å². The third kappa shape index (κ3) is 15.7. The van der Waals surface area contributed by atoms with E-state index in [1.165, 1.54) is 27.2 Å². The van der Waals surface area contributed by atoms with E-state index in [1.807, 2.05) is 63.1 Å². The standard InChI is InChI=1S/C43H63N5O9/c1-28(2)39-42(54)44-33(25-32-17-13-18-34(50)26-32)27-48-24-14-19-36(46-48)43(55)57-37(29(3)16-12-21-38(51)47(6)56-7)20-11-9-8-10-15-30(4)40(52)35(41(53)45-39)23-22-31(5)49/h8-13,16-18,21,26,28,30,33,35-37,39-40,46,50,52H,14-15,19-20,22-25,27H2,1-7H3,(H,44,54)(H,45,53)/b10-8+,11-9+,21-12+,29-16+/t30-,33?,35+,36?,37-,39-,40+/m0/s1. The zero-order valence-electron chi connectivity index (χ0n) is 34.5. The Morgan fingerprint density at radius 3 is 2.47 bits per heavy atom. The number of benzene rings is 1. The van der Waals surface area contributed by atoms with E-state index in [4.69, 9.17) is 9.57 Å². The van der Waals surface area contributed by atoms with Gasteiger partial charge in [-0.05, 0) is 81.1 Å². The number of phenols is 1. The van der Waals surface area contributed by atoms with Crippen molar-refractivity contribution in [3.05, 3.63) is 77.9 Å². The lowest BCUT2D eigenvalue weighted by atomic mass is 9.85. The molecule has 5 N–H and O–H groups in total. The minimum atomic E-state index is -1.09. The molecular weight excluding hydrogens is 730 g/mol. The number of fused-ring (bicyclic) bond motifs is 2. The van der Waals surface area contributed by atoms with Crippen LogP contribution >= 0.6 is 0 Å². The molecule has 0 saturated carbocycles. The number of rotatable bonds is 10. The molecule has 3 rings (SSSR count). The molecule has 3 unspecified atom stereocenters. The number of allylic oxidation sites excluding steroid dienone is 5. The fraction of sp³-hybridized carbons (Fsp3) is 0.558. The van der Waals surface area contributed by atoms with Crippen LogP contribution in [0.5, 0.6) is 5.75 Å². The fourth-order valence-corrected chi connectivity index (χ4v) is 6.77. The molecule has 2 heterocycles. The number of hydrazine groups is 1. The molecule has 1 saturated heterocycles. The predicted octanol–water partition coefficient (Wildman–Crippen LogP) is 3.85. The van der Waals surface area contributed by atoms with Gasteiger partial charge in [-0.2, -0.15) is 0 Å². The van der Waals surface area contributed by atoms with Gasteiger partial charge < -0.3 is 30.4 Å². The highest BCUT2D eigenvalue weighted by Gasteiger charge is 2.35. The maximum atomic E-state index is 14.1. The van der Waals surface area contributed by atoms with Crippen LogP contribution in [0.3, 0.4) is 0 Å². The molecule has 1 aromatic carbocycles. The lowest BCUT2D eigenvalue weighted by molar-refractivity contribution is -0.162. The lowest BCUT2D eigenvalue weighted by Gasteiger charge is -2.36. The van der Waals surface area contributed by atoms with E-state index in [1.54, 1.807) is 30.4 Å². The topological polar surface area (TPSA) is 187 Å². The molecule has 1 aromatic rings. The minimum Gasteiger partial charge on any atom is -0.508 e. The number of Topliss-reactive ketones (excluding diaryl/α,β-unsaturated/α-hetero) is 1. The Kier molecular flexibility index (Phi) is 19.3. The summed E-state index contributed by atoms with van der Waals surface area (Å²) in [5.74, 6) is -3.36. The van der Waals surface area contributed by atoms with Crippen molar-refractivity contribution in [3.8, 4) is 5.75 Å². The van der Waals surface area contributed by atoms with Crippen LogP contribution in [-0.2, 0) is 40.0 Å². The summed E-state index contributed by atoms with van der Waals surface area (Å²) in [6, 6.07) is 4.64. The molecule has 14 heteroatoms. The van der Waals surface area contributed by atoms with Gasteiger partial charge in [0.2, 0.25) is 11.8 Å². The molecule has 2 bridgehead atoms. The number of esters is 1. The van der Waals surface area contributed by atoms with Gasteiger partial charge in [0.25, 0.3) is 5.91 Å². The average molecular weight is 794 g/mol. The number of aromatic hydroxyl groups is 1. The van der Waals surface area contributed by atoms with E-state index in [0.717, 1.165) is 10.6 Å². The normalized spacial score (nSPS) is 28.6. The number of nitrogens with one attached hydrogen (secondary N) is 3. The van der Waals surface area contributed by atoms with Crippen molar-refractivity contribution in [1.82, 2.24) is 26.1 Å². The van der Waals surface area contributed by atoms with E-state index >= 15 is 0 Å². The minimum absolute atomic E-state index is 0.0847. The zero-order chi connectivity index (χ0) is 42.1. The van der Waals surface area contributed by atoms with Crippen molar-refractivity contribution in [2.75, 3.05) is 27.2 Å². The zero-order valence-corrected chi connectivity index (χ0v) is 34.5. The van der Waals surface area contributed by atoms with Gasteiger partial charge in [-0.15, -0.1) is 0 Å². The Hall–Kier alpha value is -4.63. The molecule has 0 aliphatic carbocycles. The fourth-order valence-electron chi connectivity index (χ4n) is 6.77. The molecule has 57 heavy (non-hydrogen) atoms. The number of hydrogen-bond acceptors (Lipinski definition) is 11. The molecule has 14 nitrogen and oxygen atoms in total. The molecule has 2 aliphatic rings. The Morgan fingerprint density at radius 2 is 1.81 bits per heavy atom. The van der Waals surface area contributed by atoms with Gasteiger partial charge in [0.15, 0.2) is 0 Å². The summed E-state index contributed by atoms with van der Waals surface area (Å²) in [7, 11) is 2.89. The molecule has 0 spiro atoms. The van der Waals surface area contributed by atoms with E-state index in [2.05, 4.69) is 16.1 Å². The van der Waals surface area contributed by atoms with Crippen LogP contribution in [0, 0.1) is 17.8 Å². The predicted molar refractivity (Wildman–Crippen MR) is 217 cm³/mol. The summed E-state index contributed by atoms with van der Waals surface area (Å²) in [5.41, 5.74) is 4.79. The molecular formula is C43H63N5O9. The number of hydroxylamine groups is 2. The van der Waals surface area contributed by atoms with E-state index in [0.29, 0.717) is 44.2 Å². The first-order valence-electron chi connectivity index (χ1n) is 19.9. The number of carbonyl (C=O) groups excluding carboxylic acids is 5. The number of aliphatic hydroxyl groups excluding tert-OH is 1. The summed E-state index contributed by atoms with van der Waals surface area (Å²) in [5, 5.41) is 30.7. The summed E-state index contributed by atoms with van der Waals surface area (Å²) in [6.45, 7) is 9.61. The van der Waals surface area contributed by atoms with Crippen molar-refractivity contribution in [2.24, 2.45) is 17.8 Å². The number of ether oxygens (including phenoxy) is 1. The Balaban J connectivity index is 2.00. The summed E-state index contributed by atoms with van der Waals surface area (Å²) >= 11 is 0. The highest BCUT2D eigenvalue weighted by atomic mass is 16.7. The number of carbonyl (C=O) groups is 5. The van der Waals surface area contributed by atoms with Crippen LogP contribution in [0.4, 0.5) is 0 Å². The third-order valence-electron chi connectivity index (χ3n) is 10.3. The number of hydrogen-bond donors (Lipinski definition) is 5. The molecule has 314 valence electrons. The van der Waals surface area contributed by atoms with Gasteiger partial charge in [0.05, 0.1) is 19.1 Å². The maximum absolute atomic E-state index is 14.1. The molecule has 2 aliphatic heterocycles. The van der Waals surface area contributed by atoms with E-state index < -0.39 is 54.0 Å². The summed E-state index contributed by atoms with van der Waals surface area (Å²) < 4.78 is 6.10. The summed E-state index contributed by atoms with van der Waals surface area (Å²) in [6.07, 6.45) is 12.8. The first kappa shape index (κ1) is 46.8. The van der Waals surface area contributed by atoms with Gasteiger partial charge in [-0.1, -0.05) is 69.4 Å². The van der Waals surface area contributed by atoms with Crippen molar-refractivity contribution < 1.29 is 43.8 Å². The number of likely N-dealkylation sites (N-methyl/N-ethyl adjacent to an activating group) is 1. The van der Waals surface area contributed by atoms with Gasteiger partial charge >= 0.3 is 5.97 Å². The van der Waals surface area contributed by atoms with Crippen LogP contribution in [-0.4, -0.2) is 107 Å². The Bertz CT molecular complexity index is 1640. The number of nitrogens with zero attached hydrogens (tertiary/aromatic N) is 2. The smallest absolute Gasteiger partial charge is 0.325 e. The van der Waals surface area contributed by atoms with Gasteiger partial charge in [-0.25, -0.2) is 15.5 Å². The molecule has 3 amide bonds. The molecule has 0 radical (unpaired) electrons. The Labute approximate surface area is 337 Å². The average Bonchev–Trinajstić information content (AvgIpc) is 3.16. The second-order valence-electron chi connectivity index (χ2n) is 15.4. The van der Waals surface area contributed by atoms with Crippen molar-refractivity contribution in [2.45, 2.75) is 110 Å². The summed E-state index contributed by atoms with van der Waals surface area (Å²) in [4.78, 5) is 70.8. The number of aliphatic hydroxyl groups is 1. The second-order valence-corrected chi connectivity index (χ2v) is 15.4. The molecule has 8 atom stereocenters. The quantitative estimate of drug-likeness (QED) is 0.100. The second kappa shape index (κ2) is 23.6. The number of cyclic esters (lactones) is 1. The molecule has 1 fully saturated rings. The number of phenolic OH excluding ortho intramolecular Hbond substituents is 1. The van der Waals surface area contributed by atoms with E-state index in [9.17, 15) is 34.2 Å². The van der Waals surface area contributed by atoms with Crippen molar-refractivity contribution in [1.29, 1.82) is 0 Å². The van der Waals surface area contributed by atoms with Gasteiger partial charge in [0, 0.05) is 45.1 Å². The van der Waals surface area contributed by atoms with Crippen LogP contribution in [0.1, 0.15) is 78.7 Å².